The molecule has 0 aliphatic heterocycles. The first-order valence-corrected chi connectivity index (χ1v) is 3.77. The maximum absolute atomic E-state index is 11.4. The van der Waals surface area contributed by atoms with Crippen molar-refractivity contribution in [2.75, 3.05) is 0 Å². The Labute approximate surface area is 74.4 Å². The van der Waals surface area contributed by atoms with Gasteiger partial charge in [0.25, 0.3) is 5.56 Å². The number of H-pyrrole nitrogens is 1. The normalized spacial score (nSPS) is 9.77. The van der Waals surface area contributed by atoms with E-state index in [1.807, 2.05) is 6.07 Å². The molecule has 62 valence electrons. The zero-order chi connectivity index (χ0) is 9.26. The number of para-hydroxylation sites is 1. The van der Waals surface area contributed by atoms with Crippen LogP contribution in [0.15, 0.2) is 29.1 Å². The zero-order valence-corrected chi connectivity index (χ0v) is 6.74. The van der Waals surface area contributed by atoms with E-state index in [-0.39, 0.29) is 11.4 Å². The number of rotatable bonds is 0. The Kier molecular flexibility index (Phi) is 1.60. The van der Waals surface area contributed by atoms with E-state index in [1.165, 1.54) is 0 Å². The number of hydrogen-bond donors (Lipinski definition) is 1. The molecule has 0 saturated heterocycles. The summed E-state index contributed by atoms with van der Waals surface area (Å²) >= 11 is 0. The quantitative estimate of drug-likeness (QED) is 0.597. The van der Waals surface area contributed by atoms with Crippen LogP contribution in [-0.2, 0) is 0 Å². The molecule has 1 aromatic heterocycles. The molecule has 0 bridgehead atoms. The summed E-state index contributed by atoms with van der Waals surface area (Å²) < 4.78 is 0. The Hall–Kier alpha value is -2.08. The standard InChI is InChI=1S/C10H6N2O/c1-2-9-11-8-6-4-3-5-7(8)10(13)12-9/h1,3-6H,(H,11,12,13). The summed E-state index contributed by atoms with van der Waals surface area (Å²) in [7, 11) is 0. The first-order valence-electron chi connectivity index (χ1n) is 3.77. The molecule has 13 heavy (non-hydrogen) atoms. The Morgan fingerprint density at radius 2 is 2.15 bits per heavy atom. The van der Waals surface area contributed by atoms with Crippen molar-refractivity contribution in [3.05, 3.63) is 40.4 Å². The third kappa shape index (κ3) is 1.18. The predicted molar refractivity (Wildman–Crippen MR) is 50.3 cm³/mol. The van der Waals surface area contributed by atoms with Crippen molar-refractivity contribution in [2.24, 2.45) is 0 Å². The Balaban J connectivity index is 2.95. The van der Waals surface area contributed by atoms with Crippen molar-refractivity contribution in [3.63, 3.8) is 0 Å². The molecule has 1 heterocycles. The van der Waals surface area contributed by atoms with Gasteiger partial charge >= 0.3 is 0 Å². The fraction of sp³-hybridized carbons (Fsp3) is 0. The van der Waals surface area contributed by atoms with Crippen molar-refractivity contribution < 1.29 is 0 Å². The highest BCUT2D eigenvalue weighted by Gasteiger charge is 1.99. The first kappa shape index (κ1) is 7.56. The number of aromatic amines is 1. The zero-order valence-electron chi connectivity index (χ0n) is 6.74. The van der Waals surface area contributed by atoms with Crippen molar-refractivity contribution in [2.45, 2.75) is 0 Å². The Bertz CT molecular complexity index is 549. The summed E-state index contributed by atoms with van der Waals surface area (Å²) in [4.78, 5) is 17.9. The van der Waals surface area contributed by atoms with E-state index in [9.17, 15) is 4.79 Å². The summed E-state index contributed by atoms with van der Waals surface area (Å²) in [5.41, 5.74) is 0.428. The lowest BCUT2D eigenvalue weighted by molar-refractivity contribution is 1.13. The van der Waals surface area contributed by atoms with Crippen molar-refractivity contribution in [1.82, 2.24) is 9.97 Å². The lowest BCUT2D eigenvalue weighted by atomic mass is 10.2. The molecule has 1 N–H and O–H groups in total. The van der Waals surface area contributed by atoms with Gasteiger partial charge in [-0.05, 0) is 18.1 Å². The molecule has 3 nitrogen and oxygen atoms in total. The lowest BCUT2D eigenvalue weighted by Gasteiger charge is -1.95. The molecule has 0 amide bonds. The second-order valence-corrected chi connectivity index (χ2v) is 2.58. The molecular formula is C10H6N2O. The van der Waals surface area contributed by atoms with Crippen molar-refractivity contribution in [1.29, 1.82) is 0 Å². The molecule has 0 unspecified atom stereocenters. The topological polar surface area (TPSA) is 45.8 Å². The van der Waals surface area contributed by atoms with E-state index >= 15 is 0 Å². The third-order valence-corrected chi connectivity index (χ3v) is 1.75. The number of terminal acetylenes is 1. The van der Waals surface area contributed by atoms with Crippen LogP contribution >= 0.6 is 0 Å². The van der Waals surface area contributed by atoms with Crippen LogP contribution in [0, 0.1) is 12.3 Å². The molecule has 0 aliphatic carbocycles. The van der Waals surface area contributed by atoms with E-state index < -0.39 is 0 Å². The third-order valence-electron chi connectivity index (χ3n) is 1.75. The monoisotopic (exact) mass is 170 g/mol. The minimum Gasteiger partial charge on any atom is -0.299 e. The van der Waals surface area contributed by atoms with Crippen LogP contribution in [0.1, 0.15) is 5.82 Å². The van der Waals surface area contributed by atoms with Gasteiger partial charge in [0.1, 0.15) is 0 Å². The van der Waals surface area contributed by atoms with Gasteiger partial charge in [0, 0.05) is 0 Å². The summed E-state index contributed by atoms with van der Waals surface area (Å²) in [6.07, 6.45) is 5.13. The van der Waals surface area contributed by atoms with Gasteiger partial charge in [0.2, 0.25) is 0 Å². The van der Waals surface area contributed by atoms with Gasteiger partial charge in [-0.15, -0.1) is 6.42 Å². The Morgan fingerprint density at radius 1 is 1.38 bits per heavy atom. The Morgan fingerprint density at radius 3 is 2.92 bits per heavy atom. The SMILES string of the molecule is C#Cc1nc2ccccc2c(=O)[nH]1. The molecule has 0 saturated carbocycles. The summed E-state index contributed by atoms with van der Waals surface area (Å²) in [6, 6.07) is 7.07. The predicted octanol–water partition coefficient (Wildman–Crippen LogP) is 0.904. The average Bonchev–Trinajstić information content (AvgIpc) is 2.18. The van der Waals surface area contributed by atoms with Crippen molar-refractivity contribution >= 4 is 10.9 Å². The van der Waals surface area contributed by atoms with Crippen LogP contribution < -0.4 is 5.56 Å². The minimum absolute atomic E-state index is 0.196. The molecule has 0 radical (unpaired) electrons. The van der Waals surface area contributed by atoms with Gasteiger partial charge < -0.3 is 0 Å². The molecule has 0 atom stereocenters. The van der Waals surface area contributed by atoms with Gasteiger partial charge in [-0.1, -0.05) is 12.1 Å². The molecule has 3 heteroatoms. The van der Waals surface area contributed by atoms with E-state index in [2.05, 4.69) is 15.9 Å². The van der Waals surface area contributed by atoms with E-state index in [0.717, 1.165) is 0 Å². The molecule has 2 rings (SSSR count). The number of nitrogens with one attached hydrogen (secondary N) is 1. The molecule has 0 fully saturated rings. The van der Waals surface area contributed by atoms with Gasteiger partial charge in [0.05, 0.1) is 10.9 Å². The highest BCUT2D eigenvalue weighted by Crippen LogP contribution is 2.04. The highest BCUT2D eigenvalue weighted by atomic mass is 16.1. The van der Waals surface area contributed by atoms with Gasteiger partial charge in [-0.3, -0.25) is 9.78 Å². The first-order chi connectivity index (χ1) is 6.31. The van der Waals surface area contributed by atoms with Crippen LogP contribution in [0.25, 0.3) is 10.9 Å². The largest absolute Gasteiger partial charge is 0.299 e. The fourth-order valence-electron chi connectivity index (χ4n) is 1.15. The lowest BCUT2D eigenvalue weighted by Crippen LogP contribution is -2.09. The number of aromatic nitrogens is 2. The number of hydrogen-bond acceptors (Lipinski definition) is 2. The molecular weight excluding hydrogens is 164 g/mol. The maximum atomic E-state index is 11.4. The van der Waals surface area contributed by atoms with Crippen LogP contribution in [0.4, 0.5) is 0 Å². The van der Waals surface area contributed by atoms with E-state index in [4.69, 9.17) is 6.42 Å². The highest BCUT2D eigenvalue weighted by molar-refractivity contribution is 5.77. The summed E-state index contributed by atoms with van der Waals surface area (Å²) in [5, 5.41) is 0.557. The second kappa shape index (κ2) is 2.76. The number of benzene rings is 1. The van der Waals surface area contributed by atoms with E-state index in [0.29, 0.717) is 10.9 Å². The fourth-order valence-corrected chi connectivity index (χ4v) is 1.15. The van der Waals surface area contributed by atoms with Gasteiger partial charge in [0.15, 0.2) is 5.82 Å². The molecule has 0 aliphatic rings. The molecule has 0 spiro atoms. The summed E-state index contributed by atoms with van der Waals surface area (Å²) in [6.45, 7) is 0. The van der Waals surface area contributed by atoms with Crippen LogP contribution in [-0.4, -0.2) is 9.97 Å². The van der Waals surface area contributed by atoms with Crippen molar-refractivity contribution in [3.8, 4) is 12.3 Å². The molecule has 2 aromatic rings. The van der Waals surface area contributed by atoms with Gasteiger partial charge in [-0.2, -0.15) is 0 Å². The van der Waals surface area contributed by atoms with Crippen LogP contribution in [0.5, 0.6) is 0 Å². The van der Waals surface area contributed by atoms with Crippen LogP contribution in [0.2, 0.25) is 0 Å². The smallest absolute Gasteiger partial charge is 0.259 e. The number of nitrogens with zero attached hydrogens (tertiary/aromatic N) is 1. The minimum atomic E-state index is -0.196. The average molecular weight is 170 g/mol. The maximum Gasteiger partial charge on any atom is 0.259 e. The summed E-state index contributed by atoms with van der Waals surface area (Å²) in [5.74, 6) is 2.56. The molecule has 1 aromatic carbocycles. The van der Waals surface area contributed by atoms with Crippen LogP contribution in [0.3, 0.4) is 0 Å². The van der Waals surface area contributed by atoms with E-state index in [1.54, 1.807) is 18.2 Å². The second-order valence-electron chi connectivity index (χ2n) is 2.58. The van der Waals surface area contributed by atoms with Gasteiger partial charge in [-0.25, -0.2) is 4.98 Å². The number of fused-ring (bicyclic) bond motifs is 1.